The van der Waals surface area contributed by atoms with E-state index in [9.17, 15) is 4.79 Å². The van der Waals surface area contributed by atoms with Gasteiger partial charge in [0.2, 0.25) is 0 Å². The maximum absolute atomic E-state index is 13.1. The monoisotopic (exact) mass is 441 g/mol. The molecule has 1 atom stereocenters. The number of nitrogens with zero attached hydrogens (tertiary/aromatic N) is 4. The number of carbonyl (C=O) groups is 1. The summed E-state index contributed by atoms with van der Waals surface area (Å²) in [7, 11) is 1.90. The molecule has 3 aromatic carbocycles. The lowest BCUT2D eigenvalue weighted by atomic mass is 10.1. The van der Waals surface area contributed by atoms with Crippen LogP contribution in [0.2, 0.25) is 5.02 Å². The lowest BCUT2D eigenvalue weighted by molar-refractivity contribution is 0.0941. The van der Waals surface area contributed by atoms with Crippen molar-refractivity contribution in [2.45, 2.75) is 6.04 Å². The Bertz CT molecular complexity index is 1390. The summed E-state index contributed by atoms with van der Waals surface area (Å²) in [6.07, 6.45) is 5.36. The Hall–Kier alpha value is -3.90. The van der Waals surface area contributed by atoms with Gasteiger partial charge in [0, 0.05) is 35.7 Å². The third-order valence-corrected chi connectivity index (χ3v) is 5.71. The maximum atomic E-state index is 13.1. The van der Waals surface area contributed by atoms with E-state index in [4.69, 9.17) is 11.6 Å². The van der Waals surface area contributed by atoms with Crippen molar-refractivity contribution < 1.29 is 4.79 Å². The summed E-state index contributed by atoms with van der Waals surface area (Å²) in [5.74, 6) is 0.553. The second-order valence-electron chi connectivity index (χ2n) is 7.50. The zero-order valence-corrected chi connectivity index (χ0v) is 18.1. The standard InChI is InChI=1S/C25H20ClN5O/c1-30-15-14-27-24(30)23(17-6-10-19(26)11-7-17)29-25(32)18-8-12-20(13-9-18)31-16-28-21-4-2-3-5-22(21)31/h2-16,23H,1H3,(H,29,32)/t23-/m1/s1. The number of hydrogen-bond donors (Lipinski definition) is 1. The first kappa shape index (κ1) is 20.0. The van der Waals surface area contributed by atoms with E-state index in [2.05, 4.69) is 15.3 Å². The van der Waals surface area contributed by atoms with Crippen molar-refractivity contribution >= 4 is 28.5 Å². The lowest BCUT2D eigenvalue weighted by Crippen LogP contribution is -2.31. The molecule has 1 N–H and O–H groups in total. The van der Waals surface area contributed by atoms with E-state index in [0.717, 1.165) is 28.1 Å². The molecule has 5 aromatic rings. The van der Waals surface area contributed by atoms with Crippen molar-refractivity contribution in [2.24, 2.45) is 7.05 Å². The highest BCUT2D eigenvalue weighted by Gasteiger charge is 2.21. The van der Waals surface area contributed by atoms with Crippen LogP contribution in [0.5, 0.6) is 0 Å². The highest BCUT2D eigenvalue weighted by molar-refractivity contribution is 6.30. The van der Waals surface area contributed by atoms with Gasteiger partial charge in [-0.1, -0.05) is 35.9 Å². The van der Waals surface area contributed by atoms with Crippen LogP contribution < -0.4 is 5.32 Å². The Morgan fingerprint density at radius 3 is 2.44 bits per heavy atom. The molecule has 0 aliphatic carbocycles. The fourth-order valence-corrected chi connectivity index (χ4v) is 3.89. The fourth-order valence-electron chi connectivity index (χ4n) is 3.76. The van der Waals surface area contributed by atoms with Crippen LogP contribution in [0, 0.1) is 0 Å². The summed E-state index contributed by atoms with van der Waals surface area (Å²) in [5, 5.41) is 3.75. The molecule has 0 spiro atoms. The normalized spacial score (nSPS) is 12.1. The first-order valence-electron chi connectivity index (χ1n) is 10.2. The topological polar surface area (TPSA) is 64.7 Å². The molecule has 0 bridgehead atoms. The molecule has 0 saturated heterocycles. The van der Waals surface area contributed by atoms with Gasteiger partial charge in [-0.3, -0.25) is 9.36 Å². The Labute approximate surface area is 190 Å². The lowest BCUT2D eigenvalue weighted by Gasteiger charge is -2.19. The quantitative estimate of drug-likeness (QED) is 0.420. The summed E-state index contributed by atoms with van der Waals surface area (Å²) >= 11 is 6.05. The van der Waals surface area contributed by atoms with E-state index in [1.165, 1.54) is 0 Å². The predicted molar refractivity (Wildman–Crippen MR) is 125 cm³/mol. The summed E-state index contributed by atoms with van der Waals surface area (Å²) in [4.78, 5) is 22.0. The molecule has 6 nitrogen and oxygen atoms in total. The van der Waals surface area contributed by atoms with Gasteiger partial charge >= 0.3 is 0 Å². The number of hydrogen-bond acceptors (Lipinski definition) is 3. The number of nitrogens with one attached hydrogen (secondary N) is 1. The predicted octanol–water partition coefficient (Wildman–Crippen LogP) is 4.93. The van der Waals surface area contributed by atoms with Gasteiger partial charge in [0.25, 0.3) is 5.91 Å². The van der Waals surface area contributed by atoms with Crippen LogP contribution in [0.15, 0.2) is 91.5 Å². The number of imidazole rings is 2. The minimum atomic E-state index is -0.406. The van der Waals surface area contributed by atoms with Crippen LogP contribution in [0.3, 0.4) is 0 Å². The van der Waals surface area contributed by atoms with Gasteiger partial charge in [-0.25, -0.2) is 9.97 Å². The first-order valence-corrected chi connectivity index (χ1v) is 10.5. The van der Waals surface area contributed by atoms with Crippen LogP contribution in [-0.4, -0.2) is 25.0 Å². The average Bonchev–Trinajstić information content (AvgIpc) is 3.44. The number of aromatic nitrogens is 4. The van der Waals surface area contributed by atoms with E-state index >= 15 is 0 Å². The van der Waals surface area contributed by atoms with Gasteiger partial charge in [-0.05, 0) is 54.1 Å². The molecular formula is C25H20ClN5O. The average molecular weight is 442 g/mol. The molecule has 2 aromatic heterocycles. The first-order chi connectivity index (χ1) is 15.6. The number of halogens is 1. The smallest absolute Gasteiger partial charge is 0.252 e. The summed E-state index contributed by atoms with van der Waals surface area (Å²) in [6.45, 7) is 0. The number of amides is 1. The molecule has 2 heterocycles. The number of rotatable bonds is 5. The van der Waals surface area contributed by atoms with Gasteiger partial charge in [0.1, 0.15) is 18.2 Å². The van der Waals surface area contributed by atoms with E-state index in [1.54, 1.807) is 12.5 Å². The molecule has 158 valence electrons. The molecule has 0 saturated carbocycles. The minimum Gasteiger partial charge on any atom is -0.338 e. The Kier molecular flexibility index (Phi) is 5.21. The fraction of sp³-hybridized carbons (Fsp3) is 0.0800. The Morgan fingerprint density at radius 1 is 0.969 bits per heavy atom. The zero-order chi connectivity index (χ0) is 22.1. The van der Waals surface area contributed by atoms with Gasteiger partial charge in [-0.15, -0.1) is 0 Å². The molecule has 0 aliphatic rings. The van der Waals surface area contributed by atoms with Crippen molar-refractivity contribution in [1.29, 1.82) is 0 Å². The van der Waals surface area contributed by atoms with Crippen LogP contribution in [0.1, 0.15) is 27.8 Å². The van der Waals surface area contributed by atoms with Crippen molar-refractivity contribution in [3.63, 3.8) is 0 Å². The molecule has 0 unspecified atom stereocenters. The number of fused-ring (bicyclic) bond motifs is 1. The van der Waals surface area contributed by atoms with Gasteiger partial charge < -0.3 is 9.88 Å². The largest absolute Gasteiger partial charge is 0.338 e. The second-order valence-corrected chi connectivity index (χ2v) is 7.94. The summed E-state index contributed by atoms with van der Waals surface area (Å²) < 4.78 is 3.90. The van der Waals surface area contributed by atoms with Crippen molar-refractivity contribution in [3.8, 4) is 5.69 Å². The molecule has 32 heavy (non-hydrogen) atoms. The zero-order valence-electron chi connectivity index (χ0n) is 17.3. The summed E-state index contributed by atoms with van der Waals surface area (Å²) in [6, 6.07) is 22.4. The molecule has 1 amide bonds. The van der Waals surface area contributed by atoms with Crippen LogP contribution in [0.4, 0.5) is 0 Å². The number of benzene rings is 3. The minimum absolute atomic E-state index is 0.185. The molecule has 5 rings (SSSR count). The molecule has 7 heteroatoms. The molecule has 0 radical (unpaired) electrons. The SMILES string of the molecule is Cn1ccnc1[C@H](NC(=O)c1ccc(-n2cnc3ccccc32)cc1)c1ccc(Cl)cc1. The second kappa shape index (κ2) is 8.32. The van der Waals surface area contributed by atoms with E-state index in [-0.39, 0.29) is 5.91 Å². The van der Waals surface area contributed by atoms with Crippen LogP contribution >= 0.6 is 11.6 Å². The van der Waals surface area contributed by atoms with E-state index < -0.39 is 6.04 Å². The third-order valence-electron chi connectivity index (χ3n) is 5.46. The van der Waals surface area contributed by atoms with E-state index in [0.29, 0.717) is 10.6 Å². The maximum Gasteiger partial charge on any atom is 0.252 e. The summed E-state index contributed by atoms with van der Waals surface area (Å²) in [5.41, 5.74) is 4.34. The third kappa shape index (κ3) is 3.76. The van der Waals surface area contributed by atoms with Crippen LogP contribution in [-0.2, 0) is 7.05 Å². The van der Waals surface area contributed by atoms with Crippen molar-refractivity contribution in [2.75, 3.05) is 0 Å². The highest BCUT2D eigenvalue weighted by atomic mass is 35.5. The Morgan fingerprint density at radius 2 is 1.72 bits per heavy atom. The molecule has 0 aliphatic heterocycles. The van der Waals surface area contributed by atoms with Crippen molar-refractivity contribution in [3.05, 3.63) is 113 Å². The molecule has 0 fully saturated rings. The van der Waals surface area contributed by atoms with E-state index in [1.807, 2.05) is 95.2 Å². The number of carbonyl (C=O) groups excluding carboxylic acids is 1. The van der Waals surface area contributed by atoms with Crippen LogP contribution in [0.25, 0.3) is 16.7 Å². The highest BCUT2D eigenvalue weighted by Crippen LogP contribution is 2.23. The van der Waals surface area contributed by atoms with Gasteiger partial charge in [0.05, 0.1) is 11.0 Å². The Balaban J connectivity index is 1.42. The molecular weight excluding hydrogens is 422 g/mol. The number of aryl methyl sites for hydroxylation is 1. The number of para-hydroxylation sites is 2. The van der Waals surface area contributed by atoms with Crippen molar-refractivity contribution in [1.82, 2.24) is 24.4 Å². The van der Waals surface area contributed by atoms with Gasteiger partial charge in [-0.2, -0.15) is 0 Å². The van der Waals surface area contributed by atoms with Gasteiger partial charge in [0.15, 0.2) is 0 Å².